The molecule has 3 rings (SSSR count). The molecule has 0 radical (unpaired) electrons. The smallest absolute Gasteiger partial charge is 0.227 e. The number of thioether (sulfide) groups is 1. The van der Waals surface area contributed by atoms with Gasteiger partial charge in [-0.25, -0.2) is 0 Å². The van der Waals surface area contributed by atoms with Crippen LogP contribution in [0.5, 0.6) is 11.5 Å². The lowest BCUT2D eigenvalue weighted by Gasteiger charge is -2.18. The number of carbonyl (C=O) groups is 1. The molecule has 0 fully saturated rings. The van der Waals surface area contributed by atoms with E-state index in [1.807, 2.05) is 66.1 Å². The maximum Gasteiger partial charge on any atom is 0.227 e. The van der Waals surface area contributed by atoms with Gasteiger partial charge < -0.3 is 15.2 Å². The molecule has 0 spiro atoms. The average molecular weight is 384 g/mol. The molecule has 1 amide bonds. The maximum atomic E-state index is 11.2. The molecule has 7 nitrogen and oxygen atoms in total. The molecule has 27 heavy (non-hydrogen) atoms. The molecule has 2 N–H and O–H groups in total. The van der Waals surface area contributed by atoms with Gasteiger partial charge >= 0.3 is 0 Å². The summed E-state index contributed by atoms with van der Waals surface area (Å²) in [5.74, 6) is 1.56. The molecule has 8 heteroatoms. The SMILES string of the molecule is COc1ccccc1OC(C)c1nnc(SCC(N)=O)n1-c1ccccc1. The first kappa shape index (κ1) is 18.8. The number of para-hydroxylation sites is 3. The molecule has 0 saturated heterocycles. The first-order chi connectivity index (χ1) is 13.1. The van der Waals surface area contributed by atoms with Crippen molar-refractivity contribution in [3.05, 3.63) is 60.4 Å². The zero-order chi connectivity index (χ0) is 19.2. The second-order valence-corrected chi connectivity index (χ2v) is 6.62. The predicted octanol–water partition coefficient (Wildman–Crippen LogP) is 2.99. The van der Waals surface area contributed by atoms with Crippen LogP contribution in [0.1, 0.15) is 18.9 Å². The van der Waals surface area contributed by atoms with Crippen LogP contribution in [0.15, 0.2) is 59.8 Å². The van der Waals surface area contributed by atoms with Crippen molar-refractivity contribution in [3.63, 3.8) is 0 Å². The highest BCUT2D eigenvalue weighted by molar-refractivity contribution is 7.99. The summed E-state index contributed by atoms with van der Waals surface area (Å²) >= 11 is 1.24. The van der Waals surface area contributed by atoms with E-state index in [0.29, 0.717) is 22.5 Å². The molecular formula is C19H20N4O3S. The Hall–Kier alpha value is -3.00. The number of nitrogens with two attached hydrogens (primary N) is 1. The van der Waals surface area contributed by atoms with Gasteiger partial charge in [0.1, 0.15) is 0 Å². The van der Waals surface area contributed by atoms with E-state index in [9.17, 15) is 4.79 Å². The van der Waals surface area contributed by atoms with Crippen LogP contribution in [-0.4, -0.2) is 33.5 Å². The fourth-order valence-corrected chi connectivity index (χ4v) is 3.25. The van der Waals surface area contributed by atoms with Gasteiger partial charge in [0.05, 0.1) is 12.9 Å². The number of ether oxygens (including phenoxy) is 2. The first-order valence-electron chi connectivity index (χ1n) is 8.31. The van der Waals surface area contributed by atoms with Gasteiger partial charge in [0, 0.05) is 5.69 Å². The monoisotopic (exact) mass is 384 g/mol. The Labute approximate surface area is 161 Å². The van der Waals surface area contributed by atoms with Crippen molar-refractivity contribution in [1.29, 1.82) is 0 Å². The fourth-order valence-electron chi connectivity index (χ4n) is 2.55. The average Bonchev–Trinajstić information content (AvgIpc) is 3.11. The van der Waals surface area contributed by atoms with E-state index in [1.54, 1.807) is 7.11 Å². The second-order valence-electron chi connectivity index (χ2n) is 5.68. The Bertz CT molecular complexity index is 914. The fraction of sp³-hybridized carbons (Fsp3) is 0.211. The van der Waals surface area contributed by atoms with Crippen molar-refractivity contribution >= 4 is 17.7 Å². The van der Waals surface area contributed by atoms with Crippen LogP contribution in [0.25, 0.3) is 5.69 Å². The number of aromatic nitrogens is 3. The molecule has 0 aliphatic rings. The van der Waals surface area contributed by atoms with Crippen molar-refractivity contribution in [1.82, 2.24) is 14.8 Å². The van der Waals surface area contributed by atoms with Gasteiger partial charge in [0.2, 0.25) is 5.91 Å². The number of benzene rings is 2. The van der Waals surface area contributed by atoms with E-state index in [4.69, 9.17) is 15.2 Å². The van der Waals surface area contributed by atoms with Gasteiger partial charge in [-0.15, -0.1) is 10.2 Å². The zero-order valence-corrected chi connectivity index (χ0v) is 15.8. The van der Waals surface area contributed by atoms with Crippen LogP contribution in [-0.2, 0) is 4.79 Å². The number of rotatable bonds is 8. The van der Waals surface area contributed by atoms with E-state index >= 15 is 0 Å². The molecule has 0 bridgehead atoms. The molecule has 1 atom stereocenters. The maximum absolute atomic E-state index is 11.2. The summed E-state index contributed by atoms with van der Waals surface area (Å²) in [5, 5.41) is 9.10. The standard InChI is InChI=1S/C19H20N4O3S/c1-13(26-16-11-7-6-10-15(16)25-2)18-21-22-19(27-12-17(20)24)23(18)14-8-4-3-5-9-14/h3-11,13H,12H2,1-2H3,(H2,20,24). The molecular weight excluding hydrogens is 364 g/mol. The lowest BCUT2D eigenvalue weighted by atomic mass is 10.3. The summed E-state index contributed by atoms with van der Waals surface area (Å²) in [4.78, 5) is 11.2. The highest BCUT2D eigenvalue weighted by Crippen LogP contribution is 2.32. The number of primary amides is 1. The highest BCUT2D eigenvalue weighted by atomic mass is 32.2. The summed E-state index contributed by atoms with van der Waals surface area (Å²) in [5.41, 5.74) is 6.15. The summed E-state index contributed by atoms with van der Waals surface area (Å²) in [6, 6.07) is 17.1. The molecule has 2 aromatic carbocycles. The van der Waals surface area contributed by atoms with Crippen LogP contribution in [0, 0.1) is 0 Å². The van der Waals surface area contributed by atoms with Gasteiger partial charge in [-0.05, 0) is 31.2 Å². The number of amides is 1. The number of carbonyl (C=O) groups excluding carboxylic acids is 1. The van der Waals surface area contributed by atoms with Crippen LogP contribution in [0.3, 0.4) is 0 Å². The number of methoxy groups -OCH3 is 1. The quantitative estimate of drug-likeness (QED) is 0.600. The van der Waals surface area contributed by atoms with Crippen molar-refractivity contribution in [3.8, 4) is 17.2 Å². The van der Waals surface area contributed by atoms with E-state index in [0.717, 1.165) is 5.69 Å². The summed E-state index contributed by atoms with van der Waals surface area (Å²) in [7, 11) is 1.60. The van der Waals surface area contributed by atoms with E-state index in [2.05, 4.69) is 10.2 Å². The number of hydrogen-bond acceptors (Lipinski definition) is 6. The van der Waals surface area contributed by atoms with Gasteiger partial charge in [0.25, 0.3) is 0 Å². The molecule has 1 heterocycles. The molecule has 1 aromatic heterocycles. The van der Waals surface area contributed by atoms with Crippen LogP contribution < -0.4 is 15.2 Å². The van der Waals surface area contributed by atoms with Crippen molar-refractivity contribution < 1.29 is 14.3 Å². The largest absolute Gasteiger partial charge is 0.493 e. The summed E-state index contributed by atoms with van der Waals surface area (Å²) in [6.45, 7) is 1.89. The van der Waals surface area contributed by atoms with Crippen LogP contribution >= 0.6 is 11.8 Å². The predicted molar refractivity (Wildman–Crippen MR) is 103 cm³/mol. The third kappa shape index (κ3) is 4.40. The minimum Gasteiger partial charge on any atom is -0.493 e. The van der Waals surface area contributed by atoms with Gasteiger partial charge in [-0.3, -0.25) is 9.36 Å². The van der Waals surface area contributed by atoms with Crippen molar-refractivity contribution in [2.24, 2.45) is 5.73 Å². The van der Waals surface area contributed by atoms with Crippen molar-refractivity contribution in [2.45, 2.75) is 18.2 Å². The Morgan fingerprint density at radius 2 is 1.78 bits per heavy atom. The summed E-state index contributed by atoms with van der Waals surface area (Å²) < 4.78 is 13.3. The first-order valence-corrected chi connectivity index (χ1v) is 9.30. The summed E-state index contributed by atoms with van der Waals surface area (Å²) in [6.07, 6.45) is -0.406. The van der Waals surface area contributed by atoms with Crippen LogP contribution in [0.4, 0.5) is 0 Å². The third-order valence-electron chi connectivity index (χ3n) is 3.75. The zero-order valence-electron chi connectivity index (χ0n) is 15.0. The van der Waals surface area contributed by atoms with Gasteiger partial charge in [-0.1, -0.05) is 42.1 Å². The number of hydrogen-bond donors (Lipinski definition) is 1. The van der Waals surface area contributed by atoms with E-state index in [1.165, 1.54) is 11.8 Å². The minimum absolute atomic E-state index is 0.118. The highest BCUT2D eigenvalue weighted by Gasteiger charge is 2.22. The Morgan fingerprint density at radius 3 is 2.44 bits per heavy atom. The Kier molecular flexibility index (Phi) is 5.97. The lowest BCUT2D eigenvalue weighted by Crippen LogP contribution is -2.15. The Morgan fingerprint density at radius 1 is 1.11 bits per heavy atom. The second kappa shape index (κ2) is 8.59. The molecule has 0 aliphatic heterocycles. The molecule has 140 valence electrons. The van der Waals surface area contributed by atoms with E-state index in [-0.39, 0.29) is 5.75 Å². The van der Waals surface area contributed by atoms with E-state index < -0.39 is 12.0 Å². The van der Waals surface area contributed by atoms with Gasteiger partial charge in [-0.2, -0.15) is 0 Å². The molecule has 1 unspecified atom stereocenters. The molecule has 3 aromatic rings. The normalized spacial score (nSPS) is 11.8. The molecule has 0 saturated carbocycles. The van der Waals surface area contributed by atoms with Crippen molar-refractivity contribution in [2.75, 3.05) is 12.9 Å². The Balaban J connectivity index is 1.95. The minimum atomic E-state index is -0.414. The molecule has 0 aliphatic carbocycles. The van der Waals surface area contributed by atoms with Crippen LogP contribution in [0.2, 0.25) is 0 Å². The third-order valence-corrected chi connectivity index (χ3v) is 4.70. The topological polar surface area (TPSA) is 92.3 Å². The number of nitrogens with zero attached hydrogens (tertiary/aromatic N) is 3. The van der Waals surface area contributed by atoms with Gasteiger partial charge in [0.15, 0.2) is 28.6 Å². The lowest BCUT2D eigenvalue weighted by molar-refractivity contribution is -0.115.